The van der Waals surface area contributed by atoms with Gasteiger partial charge in [0.15, 0.2) is 0 Å². The zero-order valence-electron chi connectivity index (χ0n) is 10.1. The summed E-state index contributed by atoms with van der Waals surface area (Å²) >= 11 is 0. The van der Waals surface area contributed by atoms with Crippen LogP contribution in [0.25, 0.3) is 0 Å². The summed E-state index contributed by atoms with van der Waals surface area (Å²) in [4.78, 5) is 13.0. The van der Waals surface area contributed by atoms with Crippen molar-refractivity contribution in [2.75, 3.05) is 33.9 Å². The number of aliphatic carboxylic acids is 1. The minimum Gasteiger partial charge on any atom is -0.480 e. The van der Waals surface area contributed by atoms with E-state index in [1.54, 1.807) is 7.11 Å². The fourth-order valence-corrected chi connectivity index (χ4v) is 1.62. The summed E-state index contributed by atoms with van der Waals surface area (Å²) in [7, 11) is 3.62. The van der Waals surface area contributed by atoms with Crippen LogP contribution in [-0.4, -0.2) is 61.9 Å². The Balaban J connectivity index is 2.20. The first-order valence-electron chi connectivity index (χ1n) is 5.80. The molecule has 0 aromatic heterocycles. The molecule has 1 atom stereocenters. The standard InChI is InChI=1S/C11H22N2O3/c1-13(6-3-7-16-2)8-10(11(14)15)12-9-4-5-9/h9-10,12H,3-8H2,1-2H3,(H,14,15). The van der Waals surface area contributed by atoms with E-state index in [0.29, 0.717) is 12.6 Å². The second-order valence-electron chi connectivity index (χ2n) is 4.44. The Bertz CT molecular complexity index is 219. The van der Waals surface area contributed by atoms with Crippen LogP contribution in [0, 0.1) is 0 Å². The molecule has 1 rings (SSSR count). The largest absolute Gasteiger partial charge is 0.480 e. The number of rotatable bonds is 9. The Morgan fingerprint density at radius 1 is 1.62 bits per heavy atom. The van der Waals surface area contributed by atoms with Crippen LogP contribution in [0.15, 0.2) is 0 Å². The maximum absolute atomic E-state index is 11.0. The number of likely N-dealkylation sites (N-methyl/N-ethyl adjacent to an activating group) is 1. The molecule has 2 N–H and O–H groups in total. The first-order valence-corrected chi connectivity index (χ1v) is 5.80. The summed E-state index contributed by atoms with van der Waals surface area (Å²) in [6.45, 7) is 2.14. The van der Waals surface area contributed by atoms with E-state index >= 15 is 0 Å². The lowest BCUT2D eigenvalue weighted by atomic mass is 10.2. The zero-order chi connectivity index (χ0) is 12.0. The van der Waals surface area contributed by atoms with E-state index < -0.39 is 12.0 Å². The van der Waals surface area contributed by atoms with Crippen molar-refractivity contribution in [2.45, 2.75) is 31.3 Å². The Morgan fingerprint density at radius 2 is 2.31 bits per heavy atom. The molecule has 94 valence electrons. The predicted octanol–water partition coefficient (Wildman–Crippen LogP) is 0.160. The molecule has 1 aliphatic carbocycles. The molecule has 0 heterocycles. The molecule has 1 saturated carbocycles. The Labute approximate surface area is 96.8 Å². The van der Waals surface area contributed by atoms with Crippen molar-refractivity contribution in [3.63, 3.8) is 0 Å². The van der Waals surface area contributed by atoms with Crippen LogP contribution in [0.3, 0.4) is 0 Å². The van der Waals surface area contributed by atoms with Gasteiger partial charge < -0.3 is 20.1 Å². The van der Waals surface area contributed by atoms with E-state index in [-0.39, 0.29) is 0 Å². The van der Waals surface area contributed by atoms with Gasteiger partial charge in [0.1, 0.15) is 6.04 Å². The van der Waals surface area contributed by atoms with Gasteiger partial charge in [-0.05, 0) is 26.3 Å². The van der Waals surface area contributed by atoms with Crippen LogP contribution < -0.4 is 5.32 Å². The van der Waals surface area contributed by atoms with Gasteiger partial charge in [-0.25, -0.2) is 0 Å². The number of carbonyl (C=O) groups is 1. The molecule has 1 unspecified atom stereocenters. The maximum Gasteiger partial charge on any atom is 0.322 e. The molecule has 5 heteroatoms. The van der Waals surface area contributed by atoms with Crippen LogP contribution >= 0.6 is 0 Å². The van der Waals surface area contributed by atoms with Crippen molar-refractivity contribution in [2.24, 2.45) is 0 Å². The second-order valence-corrected chi connectivity index (χ2v) is 4.44. The van der Waals surface area contributed by atoms with E-state index in [0.717, 1.165) is 32.4 Å². The first kappa shape index (κ1) is 13.4. The zero-order valence-corrected chi connectivity index (χ0v) is 10.1. The van der Waals surface area contributed by atoms with Gasteiger partial charge in [0.2, 0.25) is 0 Å². The molecule has 0 bridgehead atoms. The topological polar surface area (TPSA) is 61.8 Å². The number of carboxylic acid groups (broad SMARTS) is 1. The molecule has 0 saturated heterocycles. The summed E-state index contributed by atoms with van der Waals surface area (Å²) in [5.41, 5.74) is 0. The van der Waals surface area contributed by atoms with Gasteiger partial charge in [0.05, 0.1) is 0 Å². The van der Waals surface area contributed by atoms with Crippen molar-refractivity contribution in [1.29, 1.82) is 0 Å². The van der Waals surface area contributed by atoms with E-state index in [1.165, 1.54) is 0 Å². The van der Waals surface area contributed by atoms with E-state index in [9.17, 15) is 4.79 Å². The quantitative estimate of drug-likeness (QED) is 0.553. The SMILES string of the molecule is COCCCN(C)CC(NC1CC1)C(=O)O. The highest BCUT2D eigenvalue weighted by molar-refractivity contribution is 5.73. The molecule has 0 amide bonds. The number of methoxy groups -OCH3 is 1. The molecule has 1 aliphatic rings. The third-order valence-corrected chi connectivity index (χ3v) is 2.69. The van der Waals surface area contributed by atoms with Gasteiger partial charge in [-0.1, -0.05) is 0 Å². The van der Waals surface area contributed by atoms with Crippen LogP contribution in [0.2, 0.25) is 0 Å². The number of nitrogens with zero attached hydrogens (tertiary/aromatic N) is 1. The Morgan fingerprint density at radius 3 is 2.81 bits per heavy atom. The fraction of sp³-hybridized carbons (Fsp3) is 0.909. The lowest BCUT2D eigenvalue weighted by Crippen LogP contribution is -2.46. The summed E-state index contributed by atoms with van der Waals surface area (Å²) in [6, 6.07) is -0.0199. The average Bonchev–Trinajstić information content (AvgIpc) is 3.01. The lowest BCUT2D eigenvalue weighted by Gasteiger charge is -2.22. The molecule has 16 heavy (non-hydrogen) atoms. The fourth-order valence-electron chi connectivity index (χ4n) is 1.62. The van der Waals surface area contributed by atoms with Gasteiger partial charge in [0.25, 0.3) is 0 Å². The highest BCUT2D eigenvalue weighted by Crippen LogP contribution is 2.19. The number of hydrogen-bond acceptors (Lipinski definition) is 4. The number of hydrogen-bond donors (Lipinski definition) is 2. The summed E-state index contributed by atoms with van der Waals surface area (Å²) in [5, 5.41) is 12.2. The van der Waals surface area contributed by atoms with Crippen molar-refractivity contribution in [3.8, 4) is 0 Å². The van der Waals surface area contributed by atoms with E-state index in [1.807, 2.05) is 11.9 Å². The summed E-state index contributed by atoms with van der Waals surface area (Å²) in [6.07, 6.45) is 3.15. The van der Waals surface area contributed by atoms with Crippen LogP contribution in [-0.2, 0) is 9.53 Å². The van der Waals surface area contributed by atoms with Crippen molar-refractivity contribution in [1.82, 2.24) is 10.2 Å². The smallest absolute Gasteiger partial charge is 0.322 e. The molecule has 0 radical (unpaired) electrons. The summed E-state index contributed by atoms with van der Waals surface area (Å²) < 4.78 is 4.96. The molecule has 5 nitrogen and oxygen atoms in total. The molecule has 0 aromatic rings. The van der Waals surface area contributed by atoms with Crippen LogP contribution in [0.1, 0.15) is 19.3 Å². The van der Waals surface area contributed by atoms with E-state index in [4.69, 9.17) is 9.84 Å². The summed E-state index contributed by atoms with van der Waals surface area (Å²) in [5.74, 6) is -0.759. The monoisotopic (exact) mass is 230 g/mol. The minimum absolute atomic E-state index is 0.425. The number of ether oxygens (including phenoxy) is 1. The molecular weight excluding hydrogens is 208 g/mol. The molecule has 1 fully saturated rings. The minimum atomic E-state index is -0.759. The van der Waals surface area contributed by atoms with E-state index in [2.05, 4.69) is 5.32 Å². The molecular formula is C11H22N2O3. The Kier molecular flexibility index (Phi) is 5.73. The van der Waals surface area contributed by atoms with Crippen molar-refractivity contribution < 1.29 is 14.6 Å². The van der Waals surface area contributed by atoms with Crippen LogP contribution in [0.4, 0.5) is 0 Å². The lowest BCUT2D eigenvalue weighted by molar-refractivity contribution is -0.140. The van der Waals surface area contributed by atoms with Gasteiger partial charge >= 0.3 is 5.97 Å². The number of carboxylic acids is 1. The normalized spacial score (nSPS) is 17.7. The third-order valence-electron chi connectivity index (χ3n) is 2.69. The highest BCUT2D eigenvalue weighted by atomic mass is 16.5. The van der Waals surface area contributed by atoms with Crippen LogP contribution in [0.5, 0.6) is 0 Å². The maximum atomic E-state index is 11.0. The Hall–Kier alpha value is -0.650. The second kappa shape index (κ2) is 6.83. The highest BCUT2D eigenvalue weighted by Gasteiger charge is 2.28. The van der Waals surface area contributed by atoms with Crippen molar-refractivity contribution in [3.05, 3.63) is 0 Å². The van der Waals surface area contributed by atoms with Gasteiger partial charge in [-0.2, -0.15) is 0 Å². The predicted molar refractivity (Wildman–Crippen MR) is 61.6 cm³/mol. The van der Waals surface area contributed by atoms with Crippen molar-refractivity contribution >= 4 is 5.97 Å². The average molecular weight is 230 g/mol. The first-order chi connectivity index (χ1) is 7.63. The van der Waals surface area contributed by atoms with Gasteiger partial charge in [-0.15, -0.1) is 0 Å². The van der Waals surface area contributed by atoms with Gasteiger partial charge in [0, 0.05) is 32.8 Å². The molecule has 0 aliphatic heterocycles. The van der Waals surface area contributed by atoms with Gasteiger partial charge in [-0.3, -0.25) is 4.79 Å². The third kappa shape index (κ3) is 5.44. The number of nitrogens with one attached hydrogen (secondary N) is 1. The molecule has 0 spiro atoms. The molecule has 0 aromatic carbocycles.